The average Bonchev–Trinajstić information content (AvgIpc) is 2.98. The van der Waals surface area contributed by atoms with E-state index in [0.29, 0.717) is 30.9 Å². The fourth-order valence-corrected chi connectivity index (χ4v) is 2.82. The minimum absolute atomic E-state index is 0.459. The number of rotatable bonds is 7. The van der Waals surface area contributed by atoms with E-state index in [1.807, 2.05) is 6.92 Å². The molecular formula is C12H21N3O2S. The molecule has 1 heterocycles. The molecular weight excluding hydrogens is 250 g/mol. The van der Waals surface area contributed by atoms with Crippen LogP contribution in [-0.2, 0) is 4.74 Å². The number of anilines is 2. The first-order valence-electron chi connectivity index (χ1n) is 6.54. The second kappa shape index (κ2) is 6.80. The molecule has 0 radical (unpaired) electrons. The number of ether oxygens (including phenoxy) is 2. The van der Waals surface area contributed by atoms with E-state index >= 15 is 0 Å². The van der Waals surface area contributed by atoms with Gasteiger partial charge in [-0.05, 0) is 31.3 Å². The number of hydrogen-bond acceptors (Lipinski definition) is 6. The number of aromatic nitrogens is 1. The van der Waals surface area contributed by atoms with Crippen molar-refractivity contribution in [3.05, 3.63) is 0 Å². The van der Waals surface area contributed by atoms with Gasteiger partial charge in [-0.1, -0.05) is 12.8 Å². The first-order valence-corrected chi connectivity index (χ1v) is 7.32. The van der Waals surface area contributed by atoms with E-state index < -0.39 is 0 Å². The maximum Gasteiger partial charge on any atom is 0.197 e. The quantitative estimate of drug-likeness (QED) is 0.746. The second-order valence-electron chi connectivity index (χ2n) is 4.36. The van der Waals surface area contributed by atoms with Gasteiger partial charge in [0.25, 0.3) is 0 Å². The predicted molar refractivity (Wildman–Crippen MR) is 74.4 cm³/mol. The van der Waals surface area contributed by atoms with Crippen molar-refractivity contribution in [2.24, 2.45) is 0 Å². The molecule has 6 heteroatoms. The molecule has 18 heavy (non-hydrogen) atoms. The Morgan fingerprint density at radius 3 is 2.94 bits per heavy atom. The zero-order valence-electron chi connectivity index (χ0n) is 10.8. The lowest BCUT2D eigenvalue weighted by Crippen LogP contribution is -2.15. The molecule has 0 aromatic carbocycles. The Bertz CT molecular complexity index is 364. The standard InChI is InChI=1S/C12H21N3O2S/c1-2-16-10-11(13)15-18-12(10)14-7-8-17-9-5-3-4-6-9/h9,14H,2-8H2,1H3,(H2,13,15). The third-order valence-corrected chi connectivity index (χ3v) is 3.81. The van der Waals surface area contributed by atoms with Crippen molar-refractivity contribution >= 4 is 22.4 Å². The molecule has 102 valence electrons. The fourth-order valence-electron chi connectivity index (χ4n) is 2.14. The summed E-state index contributed by atoms with van der Waals surface area (Å²) < 4.78 is 15.3. The maximum atomic E-state index is 5.78. The monoisotopic (exact) mass is 271 g/mol. The lowest BCUT2D eigenvalue weighted by Gasteiger charge is -2.12. The minimum Gasteiger partial charge on any atom is -0.487 e. The van der Waals surface area contributed by atoms with Gasteiger partial charge < -0.3 is 20.5 Å². The van der Waals surface area contributed by atoms with Crippen LogP contribution >= 0.6 is 11.5 Å². The molecule has 1 aliphatic rings. The summed E-state index contributed by atoms with van der Waals surface area (Å²) in [7, 11) is 0. The largest absolute Gasteiger partial charge is 0.487 e. The van der Waals surface area contributed by atoms with Crippen LogP contribution in [0.3, 0.4) is 0 Å². The van der Waals surface area contributed by atoms with Crippen molar-refractivity contribution in [3.8, 4) is 5.75 Å². The summed E-state index contributed by atoms with van der Waals surface area (Å²) in [6.45, 7) is 4.01. The highest BCUT2D eigenvalue weighted by Gasteiger charge is 2.15. The summed E-state index contributed by atoms with van der Waals surface area (Å²) in [6.07, 6.45) is 5.48. The van der Waals surface area contributed by atoms with E-state index in [1.54, 1.807) is 0 Å². The van der Waals surface area contributed by atoms with E-state index in [-0.39, 0.29) is 0 Å². The van der Waals surface area contributed by atoms with Crippen LogP contribution in [-0.4, -0.2) is 30.2 Å². The van der Waals surface area contributed by atoms with Gasteiger partial charge in [-0.25, -0.2) is 0 Å². The predicted octanol–water partition coefficient (Wildman–Crippen LogP) is 2.50. The molecule has 0 bridgehead atoms. The topological polar surface area (TPSA) is 69.4 Å². The van der Waals surface area contributed by atoms with Crippen molar-refractivity contribution in [3.63, 3.8) is 0 Å². The maximum absolute atomic E-state index is 5.78. The SMILES string of the molecule is CCOc1c(N)nsc1NCCOC1CCCC1. The van der Waals surface area contributed by atoms with Crippen LogP contribution in [0, 0.1) is 0 Å². The molecule has 0 spiro atoms. The van der Waals surface area contributed by atoms with Gasteiger partial charge in [-0.2, -0.15) is 4.37 Å². The molecule has 1 aromatic heterocycles. The molecule has 5 nitrogen and oxygen atoms in total. The zero-order chi connectivity index (χ0) is 12.8. The molecule has 0 amide bonds. The Labute approximate surface area is 112 Å². The molecule has 0 atom stereocenters. The summed E-state index contributed by atoms with van der Waals surface area (Å²) in [5.74, 6) is 1.13. The van der Waals surface area contributed by atoms with Crippen LogP contribution in [0.15, 0.2) is 0 Å². The Hall–Kier alpha value is -1.01. The Balaban J connectivity index is 1.72. The first kappa shape index (κ1) is 13.4. The van der Waals surface area contributed by atoms with Gasteiger partial charge in [0, 0.05) is 6.54 Å². The lowest BCUT2D eigenvalue weighted by molar-refractivity contribution is 0.0659. The highest BCUT2D eigenvalue weighted by Crippen LogP contribution is 2.34. The van der Waals surface area contributed by atoms with Crippen molar-refractivity contribution < 1.29 is 9.47 Å². The van der Waals surface area contributed by atoms with Gasteiger partial charge in [-0.15, -0.1) is 0 Å². The Morgan fingerprint density at radius 1 is 1.44 bits per heavy atom. The van der Waals surface area contributed by atoms with E-state index in [0.717, 1.165) is 11.5 Å². The van der Waals surface area contributed by atoms with Crippen LogP contribution in [0.4, 0.5) is 10.8 Å². The number of nitrogen functional groups attached to an aromatic ring is 1. The average molecular weight is 271 g/mol. The van der Waals surface area contributed by atoms with Gasteiger partial charge >= 0.3 is 0 Å². The van der Waals surface area contributed by atoms with Crippen LogP contribution in [0.5, 0.6) is 5.75 Å². The van der Waals surface area contributed by atoms with Gasteiger partial charge in [0.2, 0.25) is 0 Å². The van der Waals surface area contributed by atoms with Crippen LogP contribution in [0.25, 0.3) is 0 Å². The molecule has 1 saturated carbocycles. The molecule has 1 aromatic rings. The minimum atomic E-state index is 0.459. The molecule has 0 aliphatic heterocycles. The molecule has 0 saturated heterocycles. The van der Waals surface area contributed by atoms with E-state index in [4.69, 9.17) is 15.2 Å². The first-order chi connectivity index (χ1) is 8.81. The summed E-state index contributed by atoms with van der Waals surface area (Å²) in [5.41, 5.74) is 5.73. The number of nitrogens with two attached hydrogens (primary N) is 1. The van der Waals surface area contributed by atoms with Crippen LogP contribution < -0.4 is 15.8 Å². The van der Waals surface area contributed by atoms with Crippen molar-refractivity contribution in [2.75, 3.05) is 30.8 Å². The second-order valence-corrected chi connectivity index (χ2v) is 5.14. The van der Waals surface area contributed by atoms with E-state index in [2.05, 4.69) is 9.69 Å². The number of nitrogens with one attached hydrogen (secondary N) is 1. The summed E-state index contributed by atoms with van der Waals surface area (Å²) in [4.78, 5) is 0. The van der Waals surface area contributed by atoms with Crippen molar-refractivity contribution in [2.45, 2.75) is 38.7 Å². The summed E-state index contributed by atoms with van der Waals surface area (Å²) in [6, 6.07) is 0. The van der Waals surface area contributed by atoms with Gasteiger partial charge in [0.15, 0.2) is 16.6 Å². The Kier molecular flexibility index (Phi) is 5.07. The van der Waals surface area contributed by atoms with Gasteiger partial charge in [-0.3, -0.25) is 0 Å². The van der Waals surface area contributed by atoms with Crippen LogP contribution in [0.1, 0.15) is 32.6 Å². The summed E-state index contributed by atoms with van der Waals surface area (Å²) >= 11 is 1.33. The highest BCUT2D eigenvalue weighted by atomic mass is 32.1. The van der Waals surface area contributed by atoms with E-state index in [1.165, 1.54) is 37.2 Å². The normalized spacial score (nSPS) is 16.1. The molecule has 0 unspecified atom stereocenters. The molecule has 2 rings (SSSR count). The fraction of sp³-hybridized carbons (Fsp3) is 0.750. The summed E-state index contributed by atoms with van der Waals surface area (Å²) in [5, 5.41) is 4.16. The highest BCUT2D eigenvalue weighted by molar-refractivity contribution is 7.11. The lowest BCUT2D eigenvalue weighted by atomic mass is 10.3. The zero-order valence-corrected chi connectivity index (χ0v) is 11.6. The molecule has 3 N–H and O–H groups in total. The smallest absolute Gasteiger partial charge is 0.197 e. The van der Waals surface area contributed by atoms with Gasteiger partial charge in [0.1, 0.15) is 0 Å². The number of hydrogen-bond donors (Lipinski definition) is 2. The van der Waals surface area contributed by atoms with Gasteiger partial charge in [0.05, 0.1) is 19.3 Å². The molecule has 1 fully saturated rings. The third-order valence-electron chi connectivity index (χ3n) is 3.01. The van der Waals surface area contributed by atoms with Crippen LogP contribution in [0.2, 0.25) is 0 Å². The van der Waals surface area contributed by atoms with Crippen molar-refractivity contribution in [1.82, 2.24) is 4.37 Å². The Morgan fingerprint density at radius 2 is 2.22 bits per heavy atom. The number of nitrogens with zero attached hydrogens (tertiary/aromatic N) is 1. The third kappa shape index (κ3) is 3.49. The molecule has 1 aliphatic carbocycles. The van der Waals surface area contributed by atoms with E-state index in [9.17, 15) is 0 Å². The van der Waals surface area contributed by atoms with Crippen molar-refractivity contribution in [1.29, 1.82) is 0 Å².